The maximum atomic E-state index is 13.0. The molecule has 2 atom stereocenters. The monoisotopic (exact) mass is 388 g/mol. The van der Waals surface area contributed by atoms with Gasteiger partial charge in [0.05, 0.1) is 17.5 Å². The molecule has 2 aromatic carbocycles. The number of rotatable bonds is 5. The van der Waals surface area contributed by atoms with E-state index in [0.29, 0.717) is 12.3 Å². The van der Waals surface area contributed by atoms with Crippen molar-refractivity contribution in [1.82, 2.24) is 4.47 Å². The van der Waals surface area contributed by atoms with E-state index in [1.165, 1.54) is 12.1 Å². The molecular formula is C20H24N2O4S. The average Bonchev–Trinajstić information content (AvgIpc) is 2.63. The summed E-state index contributed by atoms with van der Waals surface area (Å²) in [7, 11) is -3.82. The molecule has 1 heterocycles. The van der Waals surface area contributed by atoms with E-state index in [1.807, 2.05) is 44.2 Å². The van der Waals surface area contributed by atoms with Gasteiger partial charge in [0.15, 0.2) is 0 Å². The molecular weight excluding hydrogens is 364 g/mol. The third kappa shape index (κ3) is 4.00. The second-order valence-electron chi connectivity index (χ2n) is 6.47. The first-order chi connectivity index (χ1) is 12.8. The van der Waals surface area contributed by atoms with E-state index in [0.717, 1.165) is 21.4 Å². The quantitative estimate of drug-likeness (QED) is 0.624. The van der Waals surface area contributed by atoms with Gasteiger partial charge in [0.2, 0.25) is 0 Å². The third-order valence-corrected chi connectivity index (χ3v) is 6.13. The number of hydrogen-bond acceptors (Lipinski definition) is 5. The molecule has 2 N–H and O–H groups in total. The minimum atomic E-state index is -3.82. The molecule has 0 radical (unpaired) electrons. The fraction of sp³-hybridized carbons (Fsp3) is 0.300. The lowest BCUT2D eigenvalue weighted by Gasteiger charge is -2.35. The first-order valence-corrected chi connectivity index (χ1v) is 10.2. The third-order valence-electron chi connectivity index (χ3n) is 4.37. The van der Waals surface area contributed by atoms with Crippen molar-refractivity contribution >= 4 is 15.7 Å². The van der Waals surface area contributed by atoms with Gasteiger partial charge >= 0.3 is 0 Å². The van der Waals surface area contributed by atoms with Crippen LogP contribution in [0.25, 0.3) is 0 Å². The van der Waals surface area contributed by atoms with Crippen LogP contribution in [0.4, 0.5) is 5.69 Å². The highest BCUT2D eigenvalue weighted by Gasteiger charge is 2.36. The molecule has 0 aromatic heterocycles. The van der Waals surface area contributed by atoms with Gasteiger partial charge in [-0.25, -0.2) is 8.42 Å². The molecule has 2 aromatic rings. The van der Waals surface area contributed by atoms with E-state index in [1.54, 1.807) is 19.1 Å². The van der Waals surface area contributed by atoms with E-state index in [9.17, 15) is 8.42 Å². The number of ether oxygens (including phenoxy) is 1. The van der Waals surface area contributed by atoms with Gasteiger partial charge in [-0.05, 0) is 68.3 Å². The van der Waals surface area contributed by atoms with Crippen LogP contribution in [-0.4, -0.2) is 25.5 Å². The number of hydroxylamine groups is 1. The zero-order valence-corrected chi connectivity index (χ0v) is 16.4. The summed E-state index contributed by atoms with van der Waals surface area (Å²) in [4.78, 5) is 6.09. The number of nitrogens with two attached hydrogens (primary N) is 1. The highest BCUT2D eigenvalue weighted by molar-refractivity contribution is 7.89. The summed E-state index contributed by atoms with van der Waals surface area (Å²) >= 11 is 0. The van der Waals surface area contributed by atoms with Crippen LogP contribution >= 0.6 is 0 Å². The Balaban J connectivity index is 1.91. The van der Waals surface area contributed by atoms with Crippen molar-refractivity contribution in [1.29, 1.82) is 0 Å². The van der Waals surface area contributed by atoms with E-state index in [-0.39, 0.29) is 4.90 Å². The largest absolute Gasteiger partial charge is 0.494 e. The summed E-state index contributed by atoms with van der Waals surface area (Å²) in [5, 5.41) is 0. The van der Waals surface area contributed by atoms with Crippen LogP contribution in [0.5, 0.6) is 5.75 Å². The highest BCUT2D eigenvalue weighted by atomic mass is 32.2. The number of hydrogen-bond donors (Lipinski definition) is 1. The minimum absolute atomic E-state index is 0.141. The second-order valence-corrected chi connectivity index (χ2v) is 8.25. The van der Waals surface area contributed by atoms with E-state index < -0.39 is 22.2 Å². The Bertz CT molecular complexity index is 921. The normalized spacial score (nSPS) is 20.9. The lowest BCUT2D eigenvalue weighted by atomic mass is 10.00. The molecule has 0 aliphatic carbocycles. The van der Waals surface area contributed by atoms with Crippen molar-refractivity contribution in [3.63, 3.8) is 0 Å². The predicted octanol–water partition coefficient (Wildman–Crippen LogP) is 3.68. The summed E-state index contributed by atoms with van der Waals surface area (Å²) in [5.74, 6) is 0.762. The lowest BCUT2D eigenvalue weighted by molar-refractivity contribution is -0.143. The summed E-state index contributed by atoms with van der Waals surface area (Å²) in [6.45, 7) is 6.23. The molecule has 1 aliphatic heterocycles. The number of sulfonamides is 1. The van der Waals surface area contributed by atoms with Crippen molar-refractivity contribution in [3.05, 3.63) is 65.7 Å². The highest BCUT2D eigenvalue weighted by Crippen LogP contribution is 2.35. The molecule has 0 saturated carbocycles. The van der Waals surface area contributed by atoms with Gasteiger partial charge < -0.3 is 10.5 Å². The predicted molar refractivity (Wildman–Crippen MR) is 105 cm³/mol. The topological polar surface area (TPSA) is 81.9 Å². The standard InChI is InChI=1S/C20H24N2O4S/c1-4-25-18-9-5-16(6-10-18)20-14(2)13-15(3)22(26-20)27(23,24)19-11-7-17(21)8-12-19/h5-13,15,20H,4,21H2,1-3H3. The number of nitrogen functional groups attached to an aromatic ring is 1. The Morgan fingerprint density at radius 3 is 2.33 bits per heavy atom. The van der Waals surface area contributed by atoms with Crippen LogP contribution in [0.1, 0.15) is 32.4 Å². The van der Waals surface area contributed by atoms with E-state index in [2.05, 4.69) is 0 Å². The van der Waals surface area contributed by atoms with Crippen LogP contribution in [0.15, 0.2) is 65.1 Å². The van der Waals surface area contributed by atoms with Crippen LogP contribution in [0, 0.1) is 0 Å². The van der Waals surface area contributed by atoms with Gasteiger partial charge in [-0.1, -0.05) is 22.7 Å². The molecule has 0 fully saturated rings. The smallest absolute Gasteiger partial charge is 0.265 e. The zero-order valence-electron chi connectivity index (χ0n) is 15.6. The Morgan fingerprint density at radius 1 is 1.11 bits per heavy atom. The summed E-state index contributed by atoms with van der Waals surface area (Å²) in [5.41, 5.74) is 7.98. The van der Waals surface area contributed by atoms with Crippen LogP contribution in [0.3, 0.4) is 0 Å². The summed E-state index contributed by atoms with van der Waals surface area (Å²) in [6.07, 6.45) is 1.42. The second kappa shape index (κ2) is 7.72. The van der Waals surface area contributed by atoms with E-state index >= 15 is 0 Å². The number of benzene rings is 2. The molecule has 3 rings (SSSR count). The SMILES string of the molecule is CCOc1ccc(C2ON(S(=O)(=O)c3ccc(N)cc3)C(C)C=C2C)cc1. The van der Waals surface area contributed by atoms with Crippen molar-refractivity contribution < 1.29 is 18.0 Å². The zero-order chi connectivity index (χ0) is 19.6. The average molecular weight is 388 g/mol. The van der Waals surface area contributed by atoms with Crippen molar-refractivity contribution in [3.8, 4) is 5.75 Å². The van der Waals surface area contributed by atoms with Gasteiger partial charge in [0, 0.05) is 5.69 Å². The Hall–Kier alpha value is -2.35. The fourth-order valence-electron chi connectivity index (χ4n) is 3.06. The Kier molecular flexibility index (Phi) is 5.55. The first kappa shape index (κ1) is 19.4. The van der Waals surface area contributed by atoms with Crippen LogP contribution in [0.2, 0.25) is 0 Å². The molecule has 0 saturated heterocycles. The van der Waals surface area contributed by atoms with Gasteiger partial charge in [-0.15, -0.1) is 0 Å². The molecule has 1 aliphatic rings. The maximum Gasteiger partial charge on any atom is 0.265 e. The molecule has 0 bridgehead atoms. The number of nitrogens with zero attached hydrogens (tertiary/aromatic N) is 1. The van der Waals surface area contributed by atoms with Crippen molar-refractivity contribution in [2.75, 3.05) is 12.3 Å². The number of anilines is 1. The molecule has 0 amide bonds. The van der Waals surface area contributed by atoms with Crippen molar-refractivity contribution in [2.24, 2.45) is 0 Å². The van der Waals surface area contributed by atoms with Gasteiger partial charge in [0.1, 0.15) is 11.9 Å². The molecule has 6 nitrogen and oxygen atoms in total. The molecule has 7 heteroatoms. The van der Waals surface area contributed by atoms with E-state index in [4.69, 9.17) is 15.3 Å². The van der Waals surface area contributed by atoms with Gasteiger partial charge in [0.25, 0.3) is 10.0 Å². The Morgan fingerprint density at radius 2 is 1.74 bits per heavy atom. The summed E-state index contributed by atoms with van der Waals surface area (Å²) in [6, 6.07) is 13.1. The Labute approximate surface area is 160 Å². The van der Waals surface area contributed by atoms with Crippen LogP contribution < -0.4 is 10.5 Å². The molecule has 144 valence electrons. The van der Waals surface area contributed by atoms with Gasteiger partial charge in [-0.2, -0.15) is 0 Å². The lowest BCUT2D eigenvalue weighted by Crippen LogP contribution is -2.41. The van der Waals surface area contributed by atoms with Crippen molar-refractivity contribution in [2.45, 2.75) is 37.8 Å². The first-order valence-electron chi connectivity index (χ1n) is 8.80. The molecule has 27 heavy (non-hydrogen) atoms. The van der Waals surface area contributed by atoms with Crippen LogP contribution in [-0.2, 0) is 14.9 Å². The fourth-order valence-corrected chi connectivity index (χ4v) is 4.45. The minimum Gasteiger partial charge on any atom is -0.494 e. The van der Waals surface area contributed by atoms with Gasteiger partial charge in [-0.3, -0.25) is 4.84 Å². The molecule has 0 spiro atoms. The molecule has 2 unspecified atom stereocenters. The maximum absolute atomic E-state index is 13.0. The summed E-state index contributed by atoms with van der Waals surface area (Å²) < 4.78 is 32.6.